The van der Waals surface area contributed by atoms with Crippen molar-refractivity contribution in [3.05, 3.63) is 164 Å². The smallest absolute Gasteiger partial charge is 0.137 e. The fourth-order valence-corrected chi connectivity index (χ4v) is 9.89. The van der Waals surface area contributed by atoms with E-state index in [1.165, 1.54) is 0 Å². The van der Waals surface area contributed by atoms with Gasteiger partial charge in [-0.2, -0.15) is 0 Å². The Morgan fingerprint density at radius 2 is 0.906 bits per heavy atom. The highest BCUT2D eigenvalue weighted by molar-refractivity contribution is 6.69. The largest absolute Gasteiger partial charge is 0.456 e. The number of para-hydroxylation sites is 2. The highest BCUT2D eigenvalue weighted by Crippen LogP contribution is 2.41. The molecule has 12 aromatic rings. The first kappa shape index (κ1) is 38.5. The van der Waals surface area contributed by atoms with E-state index in [4.69, 9.17) is 59.3 Å². The molecule has 280 valence electrons. The Hall–Kier alpha value is -7.17. The molecular formula is C54H27B7N2O. The van der Waals surface area contributed by atoms with Crippen molar-refractivity contribution >= 4 is 159 Å². The van der Waals surface area contributed by atoms with E-state index in [-0.39, 0.29) is 21.9 Å². The van der Waals surface area contributed by atoms with Crippen molar-refractivity contribution in [1.82, 2.24) is 9.13 Å². The maximum atomic E-state index is 7.40. The van der Waals surface area contributed by atoms with Gasteiger partial charge in [0.05, 0.1) is 11.0 Å². The van der Waals surface area contributed by atoms with Gasteiger partial charge in [0.2, 0.25) is 0 Å². The summed E-state index contributed by atoms with van der Waals surface area (Å²) in [7, 11) is 48.7. The molecule has 0 saturated heterocycles. The summed E-state index contributed by atoms with van der Waals surface area (Å²) in [5.41, 5.74) is 13.9. The molecule has 0 atom stereocenters. The Bertz CT molecular complexity index is 3910. The van der Waals surface area contributed by atoms with Gasteiger partial charge in [-0.15, -0.1) is 10.9 Å². The molecule has 0 amide bonds. The monoisotopic (exact) mass is 796 g/mol. The van der Waals surface area contributed by atoms with Gasteiger partial charge >= 0.3 is 0 Å². The zero-order valence-corrected chi connectivity index (χ0v) is 34.4. The lowest BCUT2D eigenvalue weighted by Crippen LogP contribution is -2.48. The second-order valence-corrected chi connectivity index (χ2v) is 16.4. The van der Waals surface area contributed by atoms with E-state index >= 15 is 0 Å². The topological polar surface area (TPSA) is 23.0 Å². The first-order chi connectivity index (χ1) is 31.2. The first-order valence-corrected chi connectivity index (χ1v) is 21.0. The van der Waals surface area contributed by atoms with E-state index in [1.807, 2.05) is 65.2 Å². The first-order valence-electron chi connectivity index (χ1n) is 21.0. The van der Waals surface area contributed by atoms with Crippen LogP contribution < -0.4 is 38.2 Å². The maximum absolute atomic E-state index is 7.40. The molecule has 0 bridgehead atoms. The molecule has 3 nitrogen and oxygen atoms in total. The van der Waals surface area contributed by atoms with Crippen LogP contribution in [-0.2, 0) is 0 Å². The minimum Gasteiger partial charge on any atom is -0.456 e. The number of furan rings is 1. The van der Waals surface area contributed by atoms with Gasteiger partial charge in [0.25, 0.3) is 0 Å². The van der Waals surface area contributed by atoms with Gasteiger partial charge in [0.1, 0.15) is 66.1 Å². The van der Waals surface area contributed by atoms with Crippen LogP contribution in [0.3, 0.4) is 0 Å². The van der Waals surface area contributed by atoms with Crippen molar-refractivity contribution in [2.45, 2.75) is 0 Å². The molecule has 0 aliphatic heterocycles. The molecule has 12 rings (SSSR count). The maximum Gasteiger partial charge on any atom is 0.137 e. The molecule has 9 aromatic carbocycles. The number of hydrogen-bond donors (Lipinski definition) is 0. The summed E-state index contributed by atoms with van der Waals surface area (Å²) in [6, 6.07) is 56.1. The van der Waals surface area contributed by atoms with Crippen LogP contribution in [0.2, 0.25) is 0 Å². The number of aromatic nitrogens is 2. The van der Waals surface area contributed by atoms with Crippen molar-refractivity contribution in [2.24, 2.45) is 0 Å². The van der Waals surface area contributed by atoms with Crippen LogP contribution in [0.5, 0.6) is 0 Å². The van der Waals surface area contributed by atoms with Gasteiger partial charge < -0.3 is 13.6 Å². The summed E-state index contributed by atoms with van der Waals surface area (Å²) >= 11 is 0. The molecular weight excluding hydrogens is 768 g/mol. The molecule has 0 aliphatic carbocycles. The Balaban J connectivity index is 1.12. The van der Waals surface area contributed by atoms with Crippen LogP contribution in [0.25, 0.3) is 110 Å². The van der Waals surface area contributed by atoms with Gasteiger partial charge in [-0.25, -0.2) is 0 Å². The molecule has 0 spiro atoms. The van der Waals surface area contributed by atoms with E-state index in [9.17, 15) is 0 Å². The molecule has 0 fully saturated rings. The summed E-state index contributed by atoms with van der Waals surface area (Å²) in [5, 5.41) is 5.12. The number of rotatable bonds is 5. The van der Waals surface area contributed by atoms with Crippen molar-refractivity contribution in [1.29, 1.82) is 0 Å². The zero-order chi connectivity index (χ0) is 43.5. The summed E-state index contributed by atoms with van der Waals surface area (Å²) in [4.78, 5) is 0. The fraction of sp³-hybridized carbons (Fsp3) is 0. The average Bonchev–Trinajstić information content (AvgIpc) is 4.01. The van der Waals surface area contributed by atoms with Gasteiger partial charge in [-0.3, -0.25) is 0 Å². The van der Waals surface area contributed by atoms with Crippen molar-refractivity contribution in [3.63, 3.8) is 0 Å². The van der Waals surface area contributed by atoms with Gasteiger partial charge in [-0.1, -0.05) is 143 Å². The van der Waals surface area contributed by atoms with E-state index in [0.29, 0.717) is 55.0 Å². The predicted molar refractivity (Wildman–Crippen MR) is 276 cm³/mol. The van der Waals surface area contributed by atoms with Crippen molar-refractivity contribution < 1.29 is 4.42 Å². The fourth-order valence-electron chi connectivity index (χ4n) is 9.89. The average molecular weight is 796 g/mol. The Labute approximate surface area is 379 Å². The van der Waals surface area contributed by atoms with Crippen LogP contribution in [0.4, 0.5) is 0 Å². The second-order valence-electron chi connectivity index (χ2n) is 16.4. The highest BCUT2D eigenvalue weighted by Gasteiger charge is 2.25. The van der Waals surface area contributed by atoms with Gasteiger partial charge in [0.15, 0.2) is 0 Å². The van der Waals surface area contributed by atoms with Crippen molar-refractivity contribution in [3.8, 4) is 44.8 Å². The standard InChI is InChI=1S/C54H27B7N2O/c55-45-42(46(56)50(60)53-43(45)44-47(57)48(58)49(59)51(61)54(44)63(53)33-23-24-36-35-14-7-8-17-40(35)64-41(36)27-33)31-20-25-39-38(26-31)37-16-9-15-34(30-12-5-2-6-13-30)52(37)62(39)32-21-18-29(19-22-32)28-10-3-1-4-11-28/h1-27H. The molecule has 14 radical (unpaired) electrons. The lowest BCUT2D eigenvalue weighted by molar-refractivity contribution is 0.668. The second kappa shape index (κ2) is 14.4. The third-order valence-corrected chi connectivity index (χ3v) is 12.9. The number of fused-ring (bicyclic) bond motifs is 9. The van der Waals surface area contributed by atoms with Crippen LogP contribution in [0.1, 0.15) is 0 Å². The molecule has 64 heavy (non-hydrogen) atoms. The lowest BCUT2D eigenvalue weighted by Gasteiger charge is -2.19. The van der Waals surface area contributed by atoms with Gasteiger partial charge in [0, 0.05) is 61.0 Å². The van der Waals surface area contributed by atoms with E-state index in [1.54, 1.807) is 0 Å². The lowest BCUT2D eigenvalue weighted by atomic mass is 9.64. The number of hydrogen-bond acceptors (Lipinski definition) is 1. The van der Waals surface area contributed by atoms with Gasteiger partial charge in [-0.05, 0) is 75.7 Å². The molecule has 3 aromatic heterocycles. The quantitative estimate of drug-likeness (QED) is 0.187. The zero-order valence-electron chi connectivity index (χ0n) is 34.4. The minimum absolute atomic E-state index is 0.161. The molecule has 0 saturated carbocycles. The van der Waals surface area contributed by atoms with E-state index in [2.05, 4.69) is 108 Å². The third kappa shape index (κ3) is 5.51. The van der Waals surface area contributed by atoms with Crippen LogP contribution >= 0.6 is 0 Å². The van der Waals surface area contributed by atoms with Crippen molar-refractivity contribution in [2.75, 3.05) is 0 Å². The molecule has 0 aliphatic rings. The van der Waals surface area contributed by atoms with Crippen LogP contribution in [-0.4, -0.2) is 64.1 Å². The summed E-state index contributed by atoms with van der Waals surface area (Å²) in [6.07, 6.45) is 0. The molecule has 0 N–H and O–H groups in total. The Morgan fingerprint density at radius 3 is 1.66 bits per heavy atom. The summed E-state index contributed by atoms with van der Waals surface area (Å²) < 4.78 is 10.6. The predicted octanol–water partition coefficient (Wildman–Crippen LogP) is 6.34. The normalized spacial score (nSPS) is 11.9. The molecule has 0 unspecified atom stereocenters. The Morgan fingerprint density at radius 1 is 0.328 bits per heavy atom. The molecule has 3 heterocycles. The minimum atomic E-state index is 0.161. The van der Waals surface area contributed by atoms with E-state index < -0.39 is 0 Å². The van der Waals surface area contributed by atoms with Crippen LogP contribution in [0, 0.1) is 0 Å². The SMILES string of the molecule is [B]c1c([B])c([B])c2c(c1[B])c1c([B])c(-c3ccc4c(c3)c3cccc(-c5ccccc5)c3n4-c3ccc(-c4ccccc4)cc3)c([B])c([B])c1n2-c1ccc2c(c1)oc1ccccc12. The summed E-state index contributed by atoms with van der Waals surface area (Å²) in [5.74, 6) is 0. The molecule has 10 heteroatoms. The highest BCUT2D eigenvalue weighted by atomic mass is 16.3. The number of benzene rings is 9. The van der Waals surface area contributed by atoms with Crippen LogP contribution in [0.15, 0.2) is 168 Å². The Kier molecular flexibility index (Phi) is 8.69. The van der Waals surface area contributed by atoms with E-state index in [0.717, 1.165) is 71.7 Å². The third-order valence-electron chi connectivity index (χ3n) is 12.9. The number of nitrogens with zero attached hydrogens (tertiary/aromatic N) is 2. The summed E-state index contributed by atoms with van der Waals surface area (Å²) in [6.45, 7) is 0.